The van der Waals surface area contributed by atoms with E-state index in [0.29, 0.717) is 15.7 Å². The van der Waals surface area contributed by atoms with Crippen LogP contribution < -0.4 is 10.6 Å². The largest absolute Gasteiger partial charge is 0.453 e. The molecular formula is C15H16ClN3O5S2. The van der Waals surface area contributed by atoms with Crippen LogP contribution in [0.15, 0.2) is 40.6 Å². The summed E-state index contributed by atoms with van der Waals surface area (Å²) in [6.07, 6.45) is -0.609. The van der Waals surface area contributed by atoms with Gasteiger partial charge in [0.15, 0.2) is 0 Å². The maximum absolute atomic E-state index is 12.4. The number of hydrogen-bond acceptors (Lipinski definition) is 6. The van der Waals surface area contributed by atoms with Gasteiger partial charge < -0.3 is 10.1 Å². The molecule has 0 saturated carbocycles. The highest BCUT2D eigenvalue weighted by Crippen LogP contribution is 2.27. The number of nitrogens with one attached hydrogen (secondary N) is 2. The molecule has 1 aromatic carbocycles. The molecule has 0 aliphatic rings. The number of rotatable bonds is 6. The maximum Gasteiger partial charge on any atom is 0.411 e. The van der Waals surface area contributed by atoms with Crippen molar-refractivity contribution in [1.82, 2.24) is 4.31 Å². The number of sulfonamides is 1. The van der Waals surface area contributed by atoms with Gasteiger partial charge in [0.1, 0.15) is 4.21 Å². The smallest absolute Gasteiger partial charge is 0.411 e. The Morgan fingerprint density at radius 3 is 2.19 bits per heavy atom. The number of ether oxygens (including phenoxy) is 1. The minimum absolute atomic E-state index is 0.0658. The Labute approximate surface area is 159 Å². The Kier molecular flexibility index (Phi) is 6.59. The van der Waals surface area contributed by atoms with Crippen LogP contribution in [0.3, 0.4) is 0 Å². The zero-order valence-corrected chi connectivity index (χ0v) is 16.2. The van der Waals surface area contributed by atoms with Crippen molar-refractivity contribution in [1.29, 1.82) is 0 Å². The van der Waals surface area contributed by atoms with Gasteiger partial charge >= 0.3 is 6.09 Å². The number of likely N-dealkylation sites (N-methyl/N-ethyl adjacent to an activating group) is 1. The lowest BCUT2D eigenvalue weighted by Gasteiger charge is -2.15. The standard InChI is InChI=1S/C15H16ClN3O5S2/c1-19(26(22,23)14-8-7-12(16)25-14)9-13(20)17-10-3-5-11(6-4-10)18-15(21)24-2/h3-8H,9H2,1-2H3,(H,17,20)(H,18,21). The Hall–Kier alpha value is -2.14. The minimum atomic E-state index is -3.78. The van der Waals surface area contributed by atoms with Gasteiger partial charge in [0.25, 0.3) is 10.0 Å². The zero-order chi connectivity index (χ0) is 19.3. The van der Waals surface area contributed by atoms with Gasteiger partial charge in [0.05, 0.1) is 18.0 Å². The van der Waals surface area contributed by atoms with Crippen LogP contribution in [-0.2, 0) is 19.6 Å². The van der Waals surface area contributed by atoms with Gasteiger partial charge in [-0.25, -0.2) is 13.2 Å². The SMILES string of the molecule is COC(=O)Nc1ccc(NC(=O)CN(C)S(=O)(=O)c2ccc(Cl)s2)cc1. The molecule has 2 aromatic rings. The molecule has 0 aliphatic carbocycles. The molecule has 0 bridgehead atoms. The predicted molar refractivity (Wildman–Crippen MR) is 100 cm³/mol. The third-order valence-corrected chi connectivity index (χ3v) is 6.68. The molecule has 0 atom stereocenters. The number of carbonyl (C=O) groups is 2. The second kappa shape index (κ2) is 8.49. The molecule has 1 heterocycles. The van der Waals surface area contributed by atoms with Crippen molar-refractivity contribution < 1.29 is 22.7 Å². The van der Waals surface area contributed by atoms with E-state index in [4.69, 9.17) is 11.6 Å². The van der Waals surface area contributed by atoms with E-state index in [0.717, 1.165) is 15.6 Å². The summed E-state index contributed by atoms with van der Waals surface area (Å²) < 4.78 is 30.5. The van der Waals surface area contributed by atoms with Crippen molar-refractivity contribution in [3.63, 3.8) is 0 Å². The summed E-state index contributed by atoms with van der Waals surface area (Å²) >= 11 is 6.68. The van der Waals surface area contributed by atoms with Gasteiger partial charge in [-0.15, -0.1) is 11.3 Å². The Balaban J connectivity index is 1.96. The highest BCUT2D eigenvalue weighted by molar-refractivity contribution is 7.91. The molecule has 2 N–H and O–H groups in total. The number of hydrogen-bond donors (Lipinski definition) is 2. The molecule has 0 fully saturated rings. The van der Waals surface area contributed by atoms with Crippen molar-refractivity contribution in [2.24, 2.45) is 0 Å². The van der Waals surface area contributed by atoms with Gasteiger partial charge in [-0.3, -0.25) is 10.1 Å². The topological polar surface area (TPSA) is 105 Å². The van der Waals surface area contributed by atoms with Gasteiger partial charge in [-0.2, -0.15) is 4.31 Å². The number of anilines is 2. The van der Waals surface area contributed by atoms with Crippen LogP contribution >= 0.6 is 22.9 Å². The van der Waals surface area contributed by atoms with Crippen molar-refractivity contribution in [2.45, 2.75) is 4.21 Å². The Morgan fingerprint density at radius 2 is 1.69 bits per heavy atom. The maximum atomic E-state index is 12.4. The first-order valence-electron chi connectivity index (χ1n) is 7.19. The lowest BCUT2D eigenvalue weighted by Crippen LogP contribution is -2.34. The molecule has 0 unspecified atom stereocenters. The summed E-state index contributed by atoms with van der Waals surface area (Å²) in [5.74, 6) is -0.507. The van der Waals surface area contributed by atoms with E-state index in [2.05, 4.69) is 15.4 Å². The van der Waals surface area contributed by atoms with Crippen molar-refractivity contribution in [3.8, 4) is 0 Å². The predicted octanol–water partition coefficient (Wildman–Crippen LogP) is 2.84. The van der Waals surface area contributed by atoms with Crippen molar-refractivity contribution in [2.75, 3.05) is 31.3 Å². The highest BCUT2D eigenvalue weighted by Gasteiger charge is 2.24. The van der Waals surface area contributed by atoms with E-state index in [1.165, 1.54) is 26.3 Å². The van der Waals surface area contributed by atoms with Crippen LogP contribution in [-0.4, -0.2) is 45.4 Å². The molecule has 2 rings (SSSR count). The van der Waals surface area contributed by atoms with Gasteiger partial charge in [0.2, 0.25) is 5.91 Å². The quantitative estimate of drug-likeness (QED) is 0.751. The van der Waals surface area contributed by atoms with E-state index in [9.17, 15) is 18.0 Å². The van der Waals surface area contributed by atoms with Crippen LogP contribution in [0.1, 0.15) is 0 Å². The van der Waals surface area contributed by atoms with Crippen LogP contribution in [0.5, 0.6) is 0 Å². The third kappa shape index (κ3) is 5.18. The van der Waals surface area contributed by atoms with E-state index in [1.807, 2.05) is 0 Å². The molecule has 140 valence electrons. The second-order valence-corrected chi connectivity index (χ2v) is 9.05. The normalized spacial score (nSPS) is 11.2. The third-order valence-electron chi connectivity index (χ3n) is 3.18. The van der Waals surface area contributed by atoms with Crippen molar-refractivity contribution >= 4 is 56.3 Å². The number of carbonyl (C=O) groups excluding carboxylic acids is 2. The van der Waals surface area contributed by atoms with Gasteiger partial charge in [-0.1, -0.05) is 11.6 Å². The lowest BCUT2D eigenvalue weighted by molar-refractivity contribution is -0.116. The molecule has 0 saturated heterocycles. The number of methoxy groups -OCH3 is 1. The fraction of sp³-hybridized carbons (Fsp3) is 0.200. The van der Waals surface area contributed by atoms with Gasteiger partial charge in [-0.05, 0) is 36.4 Å². The summed E-state index contributed by atoms with van der Waals surface area (Å²) in [5, 5.41) is 5.06. The Morgan fingerprint density at radius 1 is 1.12 bits per heavy atom. The summed E-state index contributed by atoms with van der Waals surface area (Å²) in [5.41, 5.74) is 0.944. The van der Waals surface area contributed by atoms with E-state index in [-0.39, 0.29) is 10.8 Å². The molecule has 1 aromatic heterocycles. The van der Waals surface area contributed by atoms with Crippen LogP contribution in [0.25, 0.3) is 0 Å². The number of benzene rings is 1. The van der Waals surface area contributed by atoms with E-state index in [1.54, 1.807) is 24.3 Å². The number of thiophene rings is 1. The summed E-state index contributed by atoms with van der Waals surface area (Å²) in [7, 11) is -1.22. The first-order chi connectivity index (χ1) is 12.2. The van der Waals surface area contributed by atoms with Crippen LogP contribution in [0.4, 0.5) is 16.2 Å². The fourth-order valence-corrected chi connectivity index (χ4v) is 4.70. The molecular weight excluding hydrogens is 402 g/mol. The average Bonchev–Trinajstić information content (AvgIpc) is 3.03. The highest BCUT2D eigenvalue weighted by atomic mass is 35.5. The number of halogens is 1. The van der Waals surface area contributed by atoms with Crippen LogP contribution in [0.2, 0.25) is 4.34 Å². The summed E-state index contributed by atoms with van der Waals surface area (Å²) in [6.45, 7) is -0.361. The summed E-state index contributed by atoms with van der Waals surface area (Å²) in [6, 6.07) is 9.15. The molecule has 0 spiro atoms. The molecule has 26 heavy (non-hydrogen) atoms. The Bertz CT molecular complexity index is 896. The average molecular weight is 418 g/mol. The van der Waals surface area contributed by atoms with Crippen LogP contribution in [0, 0.1) is 0 Å². The van der Waals surface area contributed by atoms with E-state index < -0.39 is 22.0 Å². The lowest BCUT2D eigenvalue weighted by atomic mass is 10.3. The zero-order valence-electron chi connectivity index (χ0n) is 13.9. The number of nitrogens with zero attached hydrogens (tertiary/aromatic N) is 1. The minimum Gasteiger partial charge on any atom is -0.453 e. The molecule has 0 radical (unpaired) electrons. The first-order valence-corrected chi connectivity index (χ1v) is 9.82. The molecule has 0 aliphatic heterocycles. The van der Waals surface area contributed by atoms with E-state index >= 15 is 0 Å². The van der Waals surface area contributed by atoms with Gasteiger partial charge in [0, 0.05) is 18.4 Å². The van der Waals surface area contributed by atoms with Crippen molar-refractivity contribution in [3.05, 3.63) is 40.7 Å². The summed E-state index contributed by atoms with van der Waals surface area (Å²) in [4.78, 5) is 23.2. The monoisotopic (exact) mass is 417 g/mol. The number of amides is 2. The first kappa shape index (κ1) is 20.2. The fourth-order valence-electron chi connectivity index (χ4n) is 1.88. The molecule has 8 nitrogen and oxygen atoms in total. The molecule has 2 amide bonds. The second-order valence-electron chi connectivity index (χ2n) is 5.06. The molecule has 11 heteroatoms.